The molecule has 0 amide bonds. The minimum absolute atomic E-state index is 0.0349. The lowest BCUT2D eigenvalue weighted by Crippen LogP contribution is -2.36. The maximum Gasteiger partial charge on any atom is 0.310 e. The third-order valence-electron chi connectivity index (χ3n) is 3.50. The molecule has 1 fully saturated rings. The van der Waals surface area contributed by atoms with Gasteiger partial charge in [0.2, 0.25) is 0 Å². The first-order valence-corrected chi connectivity index (χ1v) is 6.30. The van der Waals surface area contributed by atoms with Gasteiger partial charge < -0.3 is 15.2 Å². The standard InChI is InChI=1S/C14H19NO3/c1-18-14(17)12-6-3-7-13(12)15-9-10-4-2-5-11(16)8-10/h2,4-5,8,12-13,15-16H,3,6-7,9H2,1H3/t12-,13-/m0/s1. The minimum Gasteiger partial charge on any atom is -0.508 e. The molecule has 0 heterocycles. The van der Waals surface area contributed by atoms with Crippen LogP contribution in [0.15, 0.2) is 24.3 Å². The van der Waals surface area contributed by atoms with Gasteiger partial charge in [-0.2, -0.15) is 0 Å². The number of nitrogens with one attached hydrogen (secondary N) is 1. The Morgan fingerprint density at radius 3 is 3.06 bits per heavy atom. The molecule has 2 atom stereocenters. The van der Waals surface area contributed by atoms with Crippen LogP contribution in [0.4, 0.5) is 0 Å². The first-order valence-electron chi connectivity index (χ1n) is 6.30. The van der Waals surface area contributed by atoms with Gasteiger partial charge >= 0.3 is 5.97 Å². The predicted molar refractivity (Wildman–Crippen MR) is 68.1 cm³/mol. The van der Waals surface area contributed by atoms with Crippen LogP contribution in [0.2, 0.25) is 0 Å². The fraction of sp³-hybridized carbons (Fsp3) is 0.500. The maximum atomic E-state index is 11.6. The van der Waals surface area contributed by atoms with Crippen LogP contribution in [0, 0.1) is 5.92 Å². The smallest absolute Gasteiger partial charge is 0.310 e. The Morgan fingerprint density at radius 1 is 1.50 bits per heavy atom. The summed E-state index contributed by atoms with van der Waals surface area (Å²) in [6.07, 6.45) is 2.94. The summed E-state index contributed by atoms with van der Waals surface area (Å²) in [4.78, 5) is 11.6. The molecule has 18 heavy (non-hydrogen) atoms. The SMILES string of the molecule is COC(=O)[C@H]1CCC[C@@H]1NCc1cccc(O)c1. The Labute approximate surface area is 107 Å². The van der Waals surface area contributed by atoms with Gasteiger partial charge in [0.25, 0.3) is 0 Å². The zero-order valence-electron chi connectivity index (χ0n) is 10.6. The average Bonchev–Trinajstić information content (AvgIpc) is 2.84. The van der Waals surface area contributed by atoms with E-state index in [-0.39, 0.29) is 23.7 Å². The summed E-state index contributed by atoms with van der Waals surface area (Å²) in [5.41, 5.74) is 1.02. The number of carbonyl (C=O) groups excluding carboxylic acids is 1. The van der Waals surface area contributed by atoms with Crippen molar-refractivity contribution in [1.29, 1.82) is 0 Å². The summed E-state index contributed by atoms with van der Waals surface area (Å²) < 4.78 is 4.82. The fourth-order valence-electron chi connectivity index (χ4n) is 2.55. The van der Waals surface area contributed by atoms with Crippen LogP contribution in [0.3, 0.4) is 0 Å². The van der Waals surface area contributed by atoms with Crippen LogP contribution in [0.25, 0.3) is 0 Å². The number of carbonyl (C=O) groups is 1. The van der Waals surface area contributed by atoms with Crippen LogP contribution >= 0.6 is 0 Å². The second-order valence-electron chi connectivity index (χ2n) is 4.72. The lowest BCUT2D eigenvalue weighted by atomic mass is 10.0. The zero-order valence-corrected chi connectivity index (χ0v) is 10.6. The van der Waals surface area contributed by atoms with Crippen molar-refractivity contribution in [2.75, 3.05) is 7.11 Å². The lowest BCUT2D eigenvalue weighted by Gasteiger charge is -2.19. The van der Waals surface area contributed by atoms with E-state index in [1.807, 2.05) is 12.1 Å². The predicted octanol–water partition coefficient (Wildman–Crippen LogP) is 1.82. The molecule has 1 aromatic rings. The Balaban J connectivity index is 1.91. The number of phenolic OH excluding ortho intramolecular Hbond substituents is 1. The molecule has 1 aliphatic carbocycles. The normalized spacial score (nSPS) is 22.9. The van der Waals surface area contributed by atoms with Crippen LogP contribution in [0.5, 0.6) is 5.75 Å². The van der Waals surface area contributed by atoms with Crippen LogP contribution < -0.4 is 5.32 Å². The van der Waals surface area contributed by atoms with E-state index in [0.29, 0.717) is 6.54 Å². The average molecular weight is 249 g/mol. The molecule has 0 bridgehead atoms. The number of rotatable bonds is 4. The van der Waals surface area contributed by atoms with E-state index in [9.17, 15) is 9.90 Å². The van der Waals surface area contributed by atoms with Gasteiger partial charge in [-0.15, -0.1) is 0 Å². The van der Waals surface area contributed by atoms with Crippen molar-refractivity contribution in [3.8, 4) is 5.75 Å². The largest absolute Gasteiger partial charge is 0.508 e. The highest BCUT2D eigenvalue weighted by Gasteiger charge is 2.33. The number of ether oxygens (including phenoxy) is 1. The quantitative estimate of drug-likeness (QED) is 0.799. The summed E-state index contributed by atoms with van der Waals surface area (Å²) in [7, 11) is 1.44. The zero-order chi connectivity index (χ0) is 13.0. The summed E-state index contributed by atoms with van der Waals surface area (Å²) in [5, 5.41) is 12.8. The Kier molecular flexibility index (Phi) is 4.20. The van der Waals surface area contributed by atoms with Crippen molar-refractivity contribution in [2.24, 2.45) is 5.92 Å². The van der Waals surface area contributed by atoms with Crippen molar-refractivity contribution >= 4 is 5.97 Å². The van der Waals surface area contributed by atoms with Gasteiger partial charge in [0.05, 0.1) is 13.0 Å². The second-order valence-corrected chi connectivity index (χ2v) is 4.72. The second kappa shape index (κ2) is 5.87. The summed E-state index contributed by atoms with van der Waals surface area (Å²) in [6.45, 7) is 0.659. The third kappa shape index (κ3) is 3.01. The van der Waals surface area contributed by atoms with Gasteiger partial charge in [0.1, 0.15) is 5.75 Å². The fourth-order valence-corrected chi connectivity index (χ4v) is 2.55. The molecule has 1 aliphatic rings. The van der Waals surface area contributed by atoms with E-state index in [1.54, 1.807) is 12.1 Å². The summed E-state index contributed by atoms with van der Waals surface area (Å²) >= 11 is 0. The minimum atomic E-state index is -0.124. The van der Waals surface area contributed by atoms with Crippen molar-refractivity contribution in [1.82, 2.24) is 5.32 Å². The van der Waals surface area contributed by atoms with Crippen LogP contribution in [-0.2, 0) is 16.1 Å². The lowest BCUT2D eigenvalue weighted by molar-refractivity contribution is -0.145. The Bertz CT molecular complexity index is 419. The topological polar surface area (TPSA) is 58.6 Å². The first-order chi connectivity index (χ1) is 8.70. The molecule has 1 saturated carbocycles. The van der Waals surface area contributed by atoms with Crippen molar-refractivity contribution in [3.05, 3.63) is 29.8 Å². The number of phenols is 1. The molecule has 2 N–H and O–H groups in total. The van der Waals surface area contributed by atoms with Crippen LogP contribution in [0.1, 0.15) is 24.8 Å². The van der Waals surface area contributed by atoms with E-state index in [4.69, 9.17) is 4.74 Å². The maximum absolute atomic E-state index is 11.6. The molecule has 0 aliphatic heterocycles. The van der Waals surface area contributed by atoms with Crippen molar-refractivity contribution in [3.63, 3.8) is 0 Å². The number of esters is 1. The van der Waals surface area contributed by atoms with E-state index in [2.05, 4.69) is 5.32 Å². The molecule has 0 radical (unpaired) electrons. The Morgan fingerprint density at radius 2 is 2.33 bits per heavy atom. The summed E-state index contributed by atoms with van der Waals surface area (Å²) in [6, 6.07) is 7.33. The van der Waals surface area contributed by atoms with Gasteiger partial charge in [-0.3, -0.25) is 4.79 Å². The highest BCUT2D eigenvalue weighted by atomic mass is 16.5. The third-order valence-corrected chi connectivity index (χ3v) is 3.50. The molecule has 2 rings (SSSR count). The molecule has 4 heteroatoms. The molecular formula is C14H19NO3. The number of hydrogen-bond acceptors (Lipinski definition) is 4. The number of methoxy groups -OCH3 is 1. The number of benzene rings is 1. The molecular weight excluding hydrogens is 230 g/mol. The molecule has 4 nitrogen and oxygen atoms in total. The van der Waals surface area contributed by atoms with Crippen molar-refractivity contribution in [2.45, 2.75) is 31.8 Å². The monoisotopic (exact) mass is 249 g/mol. The van der Waals surface area contributed by atoms with Gasteiger partial charge in [-0.05, 0) is 30.5 Å². The van der Waals surface area contributed by atoms with E-state index >= 15 is 0 Å². The molecule has 0 saturated heterocycles. The van der Waals surface area contributed by atoms with Crippen molar-refractivity contribution < 1.29 is 14.6 Å². The van der Waals surface area contributed by atoms with Gasteiger partial charge in [0, 0.05) is 12.6 Å². The number of aromatic hydroxyl groups is 1. The summed E-state index contributed by atoms with van der Waals surface area (Å²) in [5.74, 6) is 0.110. The highest BCUT2D eigenvalue weighted by Crippen LogP contribution is 2.27. The van der Waals surface area contributed by atoms with Gasteiger partial charge in [-0.1, -0.05) is 18.6 Å². The highest BCUT2D eigenvalue weighted by molar-refractivity contribution is 5.73. The molecule has 1 aromatic carbocycles. The number of hydrogen-bond donors (Lipinski definition) is 2. The van der Waals surface area contributed by atoms with Gasteiger partial charge in [0.15, 0.2) is 0 Å². The van der Waals surface area contributed by atoms with E-state index in [1.165, 1.54) is 7.11 Å². The molecule has 0 unspecified atom stereocenters. The molecule has 0 spiro atoms. The van der Waals surface area contributed by atoms with Gasteiger partial charge in [-0.25, -0.2) is 0 Å². The Hall–Kier alpha value is -1.55. The van der Waals surface area contributed by atoms with Crippen LogP contribution in [-0.4, -0.2) is 24.2 Å². The molecule has 98 valence electrons. The van der Waals surface area contributed by atoms with E-state index in [0.717, 1.165) is 24.8 Å². The van der Waals surface area contributed by atoms with E-state index < -0.39 is 0 Å². The molecule has 0 aromatic heterocycles. The first kappa shape index (κ1) is 12.9.